The minimum absolute atomic E-state index is 0.160. The standard InChI is InChI=1S/C14H19ClF2N2O2/c15-12-1-2-13(21-14(16)17)11(9-12)10-18-3-4-19-5-7-20-8-6-19/h1-2,9,14,18H,3-8,10H2. The third-order valence-electron chi connectivity index (χ3n) is 3.26. The highest BCUT2D eigenvalue weighted by molar-refractivity contribution is 6.30. The van der Waals surface area contributed by atoms with Crippen LogP contribution in [0.25, 0.3) is 0 Å². The Balaban J connectivity index is 1.79. The van der Waals surface area contributed by atoms with Gasteiger partial charge in [-0.2, -0.15) is 8.78 Å². The van der Waals surface area contributed by atoms with Crippen LogP contribution in [-0.4, -0.2) is 50.9 Å². The first-order chi connectivity index (χ1) is 10.1. The van der Waals surface area contributed by atoms with Crippen LogP contribution in [0.2, 0.25) is 5.02 Å². The highest BCUT2D eigenvalue weighted by Crippen LogP contribution is 2.24. The van der Waals surface area contributed by atoms with Crippen molar-refractivity contribution in [3.8, 4) is 5.75 Å². The van der Waals surface area contributed by atoms with Gasteiger partial charge in [-0.1, -0.05) is 11.6 Å². The van der Waals surface area contributed by atoms with E-state index in [4.69, 9.17) is 16.3 Å². The molecule has 21 heavy (non-hydrogen) atoms. The molecule has 1 heterocycles. The van der Waals surface area contributed by atoms with E-state index in [0.717, 1.165) is 39.4 Å². The Morgan fingerprint density at radius 3 is 2.81 bits per heavy atom. The number of hydrogen-bond donors (Lipinski definition) is 1. The van der Waals surface area contributed by atoms with Crippen molar-refractivity contribution in [2.75, 3.05) is 39.4 Å². The van der Waals surface area contributed by atoms with Gasteiger partial charge in [0.05, 0.1) is 13.2 Å². The third-order valence-corrected chi connectivity index (χ3v) is 3.50. The van der Waals surface area contributed by atoms with E-state index in [9.17, 15) is 8.78 Å². The number of benzene rings is 1. The second-order valence-corrected chi connectivity index (χ2v) is 5.20. The van der Waals surface area contributed by atoms with Gasteiger partial charge in [0, 0.05) is 43.3 Å². The summed E-state index contributed by atoms with van der Waals surface area (Å²) in [6, 6.07) is 4.64. The first-order valence-electron chi connectivity index (χ1n) is 6.89. The molecule has 0 aromatic heterocycles. The van der Waals surface area contributed by atoms with Gasteiger partial charge < -0.3 is 14.8 Å². The Bertz CT molecular complexity index is 443. The van der Waals surface area contributed by atoms with E-state index < -0.39 is 6.61 Å². The molecule has 0 atom stereocenters. The molecule has 118 valence electrons. The van der Waals surface area contributed by atoms with Gasteiger partial charge in [0.25, 0.3) is 0 Å². The van der Waals surface area contributed by atoms with E-state index in [2.05, 4.69) is 15.0 Å². The number of alkyl halides is 2. The lowest BCUT2D eigenvalue weighted by molar-refractivity contribution is -0.0504. The smallest absolute Gasteiger partial charge is 0.387 e. The number of ether oxygens (including phenoxy) is 2. The van der Waals surface area contributed by atoms with Crippen LogP contribution in [0.15, 0.2) is 18.2 Å². The maximum Gasteiger partial charge on any atom is 0.387 e. The van der Waals surface area contributed by atoms with Crippen LogP contribution >= 0.6 is 11.6 Å². The highest BCUT2D eigenvalue weighted by atomic mass is 35.5. The van der Waals surface area contributed by atoms with Crippen LogP contribution < -0.4 is 10.1 Å². The molecule has 0 spiro atoms. The zero-order valence-electron chi connectivity index (χ0n) is 11.7. The number of nitrogens with one attached hydrogen (secondary N) is 1. The van der Waals surface area contributed by atoms with E-state index in [1.54, 1.807) is 6.07 Å². The van der Waals surface area contributed by atoms with Crippen molar-refractivity contribution in [3.63, 3.8) is 0 Å². The molecule has 1 saturated heterocycles. The second kappa shape index (κ2) is 8.48. The molecule has 0 aliphatic carbocycles. The number of rotatable bonds is 7. The molecule has 1 aromatic carbocycles. The number of morpholine rings is 1. The summed E-state index contributed by atoms with van der Waals surface area (Å²) in [7, 11) is 0. The molecule has 0 unspecified atom stereocenters. The predicted molar refractivity (Wildman–Crippen MR) is 77.0 cm³/mol. The highest BCUT2D eigenvalue weighted by Gasteiger charge is 2.11. The SMILES string of the molecule is FC(F)Oc1ccc(Cl)cc1CNCCN1CCOCC1. The van der Waals surface area contributed by atoms with Crippen molar-refractivity contribution in [2.45, 2.75) is 13.2 Å². The Morgan fingerprint density at radius 1 is 1.33 bits per heavy atom. The minimum atomic E-state index is -2.83. The van der Waals surface area contributed by atoms with Crippen LogP contribution in [0.3, 0.4) is 0 Å². The molecule has 0 amide bonds. The molecule has 0 radical (unpaired) electrons. The van der Waals surface area contributed by atoms with E-state index >= 15 is 0 Å². The van der Waals surface area contributed by atoms with Crippen molar-refractivity contribution >= 4 is 11.6 Å². The predicted octanol–water partition coefficient (Wildman–Crippen LogP) is 2.36. The van der Waals surface area contributed by atoms with Gasteiger partial charge in [0.15, 0.2) is 0 Å². The van der Waals surface area contributed by atoms with Gasteiger partial charge in [-0.05, 0) is 18.2 Å². The Hall–Kier alpha value is -0.950. The summed E-state index contributed by atoms with van der Waals surface area (Å²) < 4.78 is 34.4. The lowest BCUT2D eigenvalue weighted by Crippen LogP contribution is -2.40. The van der Waals surface area contributed by atoms with Gasteiger partial charge >= 0.3 is 6.61 Å². The molecular formula is C14H19ClF2N2O2. The number of halogens is 3. The molecule has 1 fully saturated rings. The lowest BCUT2D eigenvalue weighted by Gasteiger charge is -2.26. The third kappa shape index (κ3) is 5.74. The van der Waals surface area contributed by atoms with Gasteiger partial charge in [-0.15, -0.1) is 0 Å². The summed E-state index contributed by atoms with van der Waals surface area (Å²) in [6.45, 7) is 2.65. The minimum Gasteiger partial charge on any atom is -0.434 e. The number of hydrogen-bond acceptors (Lipinski definition) is 4. The van der Waals surface area contributed by atoms with Crippen molar-refractivity contribution < 1.29 is 18.3 Å². The molecule has 1 N–H and O–H groups in total. The van der Waals surface area contributed by atoms with Crippen molar-refractivity contribution in [2.24, 2.45) is 0 Å². The van der Waals surface area contributed by atoms with Crippen LogP contribution in [0, 0.1) is 0 Å². The summed E-state index contributed by atoms with van der Waals surface area (Å²) in [4.78, 5) is 2.30. The summed E-state index contributed by atoms with van der Waals surface area (Å²) in [5, 5.41) is 3.73. The van der Waals surface area contributed by atoms with Crippen molar-refractivity contribution in [1.82, 2.24) is 10.2 Å². The van der Waals surface area contributed by atoms with Crippen LogP contribution in [-0.2, 0) is 11.3 Å². The largest absolute Gasteiger partial charge is 0.434 e. The summed E-state index contributed by atoms with van der Waals surface area (Å²) >= 11 is 5.89. The maximum atomic E-state index is 12.3. The Kier molecular flexibility index (Phi) is 6.63. The molecule has 4 nitrogen and oxygen atoms in total. The van der Waals surface area contributed by atoms with Crippen molar-refractivity contribution in [3.05, 3.63) is 28.8 Å². The summed E-state index contributed by atoms with van der Waals surface area (Å²) in [5.74, 6) is 0.160. The van der Waals surface area contributed by atoms with Gasteiger partial charge in [-0.3, -0.25) is 4.90 Å². The summed E-state index contributed by atoms with van der Waals surface area (Å²) in [6.07, 6.45) is 0. The fourth-order valence-electron chi connectivity index (χ4n) is 2.18. The van der Waals surface area contributed by atoms with Crippen LogP contribution in [0.5, 0.6) is 5.75 Å². The topological polar surface area (TPSA) is 33.7 Å². The van der Waals surface area contributed by atoms with E-state index in [1.165, 1.54) is 12.1 Å². The Labute approximate surface area is 128 Å². The molecular weight excluding hydrogens is 302 g/mol. The van der Waals surface area contributed by atoms with E-state index in [-0.39, 0.29) is 5.75 Å². The first kappa shape index (κ1) is 16.4. The fraction of sp³-hybridized carbons (Fsp3) is 0.571. The molecule has 7 heteroatoms. The lowest BCUT2D eigenvalue weighted by atomic mass is 10.2. The van der Waals surface area contributed by atoms with Gasteiger partial charge in [0.2, 0.25) is 0 Å². The quantitative estimate of drug-likeness (QED) is 0.782. The molecule has 0 saturated carbocycles. The number of nitrogens with zero attached hydrogens (tertiary/aromatic N) is 1. The fourth-order valence-corrected chi connectivity index (χ4v) is 2.38. The normalized spacial score (nSPS) is 16.4. The summed E-state index contributed by atoms with van der Waals surface area (Å²) in [5.41, 5.74) is 0.629. The maximum absolute atomic E-state index is 12.3. The molecule has 1 aliphatic rings. The first-order valence-corrected chi connectivity index (χ1v) is 7.27. The monoisotopic (exact) mass is 320 g/mol. The van der Waals surface area contributed by atoms with E-state index in [0.29, 0.717) is 17.1 Å². The average molecular weight is 321 g/mol. The van der Waals surface area contributed by atoms with Gasteiger partial charge in [0.1, 0.15) is 5.75 Å². The zero-order chi connectivity index (χ0) is 15.1. The van der Waals surface area contributed by atoms with E-state index in [1.807, 2.05) is 0 Å². The second-order valence-electron chi connectivity index (χ2n) is 4.76. The molecule has 0 bridgehead atoms. The Morgan fingerprint density at radius 2 is 2.10 bits per heavy atom. The van der Waals surface area contributed by atoms with Crippen LogP contribution in [0.4, 0.5) is 8.78 Å². The van der Waals surface area contributed by atoms with Crippen molar-refractivity contribution in [1.29, 1.82) is 0 Å². The molecule has 1 aromatic rings. The average Bonchev–Trinajstić information content (AvgIpc) is 2.47. The van der Waals surface area contributed by atoms with Crippen LogP contribution in [0.1, 0.15) is 5.56 Å². The molecule has 2 rings (SSSR count). The van der Waals surface area contributed by atoms with Gasteiger partial charge in [-0.25, -0.2) is 0 Å². The molecule has 1 aliphatic heterocycles. The zero-order valence-corrected chi connectivity index (χ0v) is 12.4.